The molecule has 2 rings (SSSR count). The number of rotatable bonds is 6. The molecule has 5 nitrogen and oxygen atoms in total. The van der Waals surface area contributed by atoms with Crippen molar-refractivity contribution in [1.29, 1.82) is 0 Å². The number of benzene rings is 1. The zero-order valence-corrected chi connectivity index (χ0v) is 12.8. The number of amides is 1. The van der Waals surface area contributed by atoms with Gasteiger partial charge in [-0.05, 0) is 24.6 Å². The van der Waals surface area contributed by atoms with Gasteiger partial charge in [0, 0.05) is 30.0 Å². The van der Waals surface area contributed by atoms with Crippen molar-refractivity contribution in [2.24, 2.45) is 0 Å². The number of hydrogen-bond acceptors (Lipinski definition) is 3. The van der Waals surface area contributed by atoms with Crippen molar-refractivity contribution in [2.45, 2.75) is 13.0 Å². The van der Waals surface area contributed by atoms with E-state index in [2.05, 4.69) is 26.2 Å². The van der Waals surface area contributed by atoms with Gasteiger partial charge in [0.1, 0.15) is 5.75 Å². The van der Waals surface area contributed by atoms with Gasteiger partial charge in [0.05, 0.1) is 19.0 Å². The van der Waals surface area contributed by atoms with Crippen molar-refractivity contribution in [1.82, 2.24) is 14.9 Å². The van der Waals surface area contributed by atoms with Gasteiger partial charge in [-0.3, -0.25) is 4.79 Å². The van der Waals surface area contributed by atoms with Crippen LogP contribution < -0.4 is 10.1 Å². The molecule has 1 N–H and O–H groups in total. The molecule has 0 aliphatic rings. The molecule has 0 aliphatic carbocycles. The monoisotopic (exact) mass is 337 g/mol. The molecule has 1 aromatic carbocycles. The fourth-order valence-corrected chi connectivity index (χ4v) is 2.17. The highest BCUT2D eigenvalue weighted by Crippen LogP contribution is 2.23. The molecule has 20 heavy (non-hydrogen) atoms. The summed E-state index contributed by atoms with van der Waals surface area (Å²) in [5.41, 5.74) is 0.540. The first-order valence-electron chi connectivity index (χ1n) is 6.28. The Morgan fingerprint density at radius 2 is 2.35 bits per heavy atom. The Labute approximate surface area is 126 Å². The van der Waals surface area contributed by atoms with Crippen molar-refractivity contribution in [2.75, 3.05) is 13.7 Å². The van der Waals surface area contributed by atoms with Crippen LogP contribution in [0.5, 0.6) is 5.75 Å². The Kier molecular flexibility index (Phi) is 5.17. The van der Waals surface area contributed by atoms with Crippen LogP contribution in [0, 0.1) is 0 Å². The second-order valence-electron chi connectivity index (χ2n) is 4.25. The number of hydrogen-bond donors (Lipinski definition) is 1. The third kappa shape index (κ3) is 3.84. The largest absolute Gasteiger partial charge is 0.496 e. The number of aryl methyl sites for hydroxylation is 1. The molecule has 1 amide bonds. The minimum Gasteiger partial charge on any atom is -0.496 e. The van der Waals surface area contributed by atoms with E-state index in [1.807, 2.05) is 16.8 Å². The van der Waals surface area contributed by atoms with Gasteiger partial charge >= 0.3 is 0 Å². The fourth-order valence-electron chi connectivity index (χ4n) is 1.83. The molecule has 6 heteroatoms. The Morgan fingerprint density at radius 1 is 1.50 bits per heavy atom. The van der Waals surface area contributed by atoms with Crippen LogP contribution in [-0.4, -0.2) is 29.1 Å². The lowest BCUT2D eigenvalue weighted by molar-refractivity contribution is 0.0949. The third-order valence-corrected chi connectivity index (χ3v) is 3.34. The molecule has 0 saturated carbocycles. The molecule has 0 atom stereocenters. The topological polar surface area (TPSA) is 56.1 Å². The predicted molar refractivity (Wildman–Crippen MR) is 79.9 cm³/mol. The first kappa shape index (κ1) is 14.6. The van der Waals surface area contributed by atoms with Crippen molar-refractivity contribution < 1.29 is 9.53 Å². The summed E-state index contributed by atoms with van der Waals surface area (Å²) in [7, 11) is 1.55. The molecular formula is C14H16BrN3O2. The maximum atomic E-state index is 12.1. The zero-order valence-electron chi connectivity index (χ0n) is 11.2. The highest BCUT2D eigenvalue weighted by Gasteiger charge is 2.11. The SMILES string of the molecule is COc1cc(Br)ccc1C(=O)NCCCn1ccnc1. The van der Waals surface area contributed by atoms with Crippen molar-refractivity contribution in [3.05, 3.63) is 47.0 Å². The number of nitrogens with zero attached hydrogens (tertiary/aromatic N) is 2. The number of halogens is 1. The molecule has 106 valence electrons. The summed E-state index contributed by atoms with van der Waals surface area (Å²) in [6, 6.07) is 5.34. The van der Waals surface area contributed by atoms with Gasteiger partial charge in [0.2, 0.25) is 0 Å². The standard InChI is InChI=1S/C14H16BrN3O2/c1-20-13-9-11(15)3-4-12(13)14(19)17-5-2-7-18-8-6-16-10-18/h3-4,6,8-10H,2,5,7H2,1H3,(H,17,19). The van der Waals surface area contributed by atoms with Gasteiger partial charge in [0.25, 0.3) is 5.91 Å². The van der Waals surface area contributed by atoms with E-state index in [1.165, 1.54) is 0 Å². The third-order valence-electron chi connectivity index (χ3n) is 2.85. The lowest BCUT2D eigenvalue weighted by atomic mass is 10.2. The summed E-state index contributed by atoms with van der Waals surface area (Å²) in [5, 5.41) is 2.89. The van der Waals surface area contributed by atoms with Gasteiger partial charge in [-0.2, -0.15) is 0 Å². The number of imidazole rings is 1. The van der Waals surface area contributed by atoms with Crippen molar-refractivity contribution in [3.8, 4) is 5.75 Å². The maximum absolute atomic E-state index is 12.1. The molecule has 2 aromatic rings. The molecular weight excluding hydrogens is 322 g/mol. The van der Waals surface area contributed by atoms with Gasteiger partial charge in [-0.25, -0.2) is 4.98 Å². The summed E-state index contributed by atoms with van der Waals surface area (Å²) >= 11 is 3.35. The molecule has 0 bridgehead atoms. The number of nitrogens with one attached hydrogen (secondary N) is 1. The molecule has 1 aromatic heterocycles. The Hall–Kier alpha value is -1.82. The molecule has 0 fully saturated rings. The smallest absolute Gasteiger partial charge is 0.255 e. The van der Waals surface area contributed by atoms with E-state index in [-0.39, 0.29) is 5.91 Å². The minimum absolute atomic E-state index is 0.125. The lowest BCUT2D eigenvalue weighted by Gasteiger charge is -2.10. The summed E-state index contributed by atoms with van der Waals surface area (Å²) in [6.07, 6.45) is 6.26. The van der Waals surface area contributed by atoms with E-state index < -0.39 is 0 Å². The minimum atomic E-state index is -0.125. The van der Waals surface area contributed by atoms with Crippen molar-refractivity contribution in [3.63, 3.8) is 0 Å². The molecule has 1 heterocycles. The van der Waals surface area contributed by atoms with E-state index in [0.29, 0.717) is 17.9 Å². The predicted octanol–water partition coefficient (Wildman–Crippen LogP) is 2.47. The van der Waals surface area contributed by atoms with E-state index in [0.717, 1.165) is 17.4 Å². The molecule has 0 saturated heterocycles. The van der Waals surface area contributed by atoms with E-state index in [9.17, 15) is 4.79 Å². The molecule has 0 spiro atoms. The summed E-state index contributed by atoms with van der Waals surface area (Å²) in [4.78, 5) is 16.0. The van der Waals surface area contributed by atoms with Crippen LogP contribution in [-0.2, 0) is 6.54 Å². The Bertz CT molecular complexity index is 570. The molecule has 0 radical (unpaired) electrons. The Balaban J connectivity index is 1.85. The van der Waals surface area contributed by atoms with E-state index in [1.54, 1.807) is 31.8 Å². The second-order valence-corrected chi connectivity index (χ2v) is 5.17. The quantitative estimate of drug-likeness (QED) is 0.824. The zero-order chi connectivity index (χ0) is 14.4. The van der Waals surface area contributed by atoms with E-state index >= 15 is 0 Å². The normalized spacial score (nSPS) is 10.3. The van der Waals surface area contributed by atoms with Gasteiger partial charge < -0.3 is 14.6 Å². The Morgan fingerprint density at radius 3 is 3.05 bits per heavy atom. The number of aromatic nitrogens is 2. The second kappa shape index (κ2) is 7.09. The molecule has 0 unspecified atom stereocenters. The average Bonchev–Trinajstić information content (AvgIpc) is 2.96. The van der Waals surface area contributed by atoms with Crippen LogP contribution in [0.4, 0.5) is 0 Å². The number of carbonyl (C=O) groups is 1. The van der Waals surface area contributed by atoms with Crippen molar-refractivity contribution >= 4 is 21.8 Å². The average molecular weight is 338 g/mol. The molecule has 0 aliphatic heterocycles. The lowest BCUT2D eigenvalue weighted by Crippen LogP contribution is -2.25. The van der Waals surface area contributed by atoms with Crippen LogP contribution >= 0.6 is 15.9 Å². The number of ether oxygens (including phenoxy) is 1. The van der Waals surface area contributed by atoms with Crippen LogP contribution in [0.1, 0.15) is 16.8 Å². The summed E-state index contributed by atoms with van der Waals surface area (Å²) < 4.78 is 8.07. The highest BCUT2D eigenvalue weighted by molar-refractivity contribution is 9.10. The van der Waals surface area contributed by atoms with E-state index in [4.69, 9.17) is 4.74 Å². The fraction of sp³-hybridized carbons (Fsp3) is 0.286. The van der Waals surface area contributed by atoms with Gasteiger partial charge in [-0.1, -0.05) is 15.9 Å². The number of methoxy groups -OCH3 is 1. The maximum Gasteiger partial charge on any atom is 0.255 e. The van der Waals surface area contributed by atoms with Crippen LogP contribution in [0.25, 0.3) is 0 Å². The van der Waals surface area contributed by atoms with Crippen LogP contribution in [0.2, 0.25) is 0 Å². The highest BCUT2D eigenvalue weighted by atomic mass is 79.9. The number of carbonyl (C=O) groups excluding carboxylic acids is 1. The first-order chi connectivity index (χ1) is 9.70. The van der Waals surface area contributed by atoms with Crippen LogP contribution in [0.3, 0.4) is 0 Å². The first-order valence-corrected chi connectivity index (χ1v) is 7.07. The van der Waals surface area contributed by atoms with Crippen LogP contribution in [0.15, 0.2) is 41.4 Å². The van der Waals surface area contributed by atoms with Gasteiger partial charge in [-0.15, -0.1) is 0 Å². The summed E-state index contributed by atoms with van der Waals surface area (Å²) in [6.45, 7) is 1.44. The van der Waals surface area contributed by atoms with Gasteiger partial charge in [0.15, 0.2) is 0 Å². The summed E-state index contributed by atoms with van der Waals surface area (Å²) in [5.74, 6) is 0.437.